The molecule has 2 heteroatoms. The molecule has 70 valence electrons. The van der Waals surface area contributed by atoms with Gasteiger partial charge >= 0.3 is 0 Å². The molecule has 0 aromatic heterocycles. The monoisotopic (exact) mass is 168 g/mol. The van der Waals surface area contributed by atoms with Crippen LogP contribution in [0, 0.1) is 5.92 Å². The van der Waals surface area contributed by atoms with Crippen molar-refractivity contribution in [3.8, 4) is 0 Å². The third kappa shape index (κ3) is 1.38. The van der Waals surface area contributed by atoms with Crippen LogP contribution >= 0.6 is 0 Å². The zero-order valence-corrected chi connectivity index (χ0v) is 8.16. The highest BCUT2D eigenvalue weighted by atomic mass is 15.2. The van der Waals surface area contributed by atoms with E-state index >= 15 is 0 Å². The van der Waals surface area contributed by atoms with E-state index in [9.17, 15) is 0 Å². The summed E-state index contributed by atoms with van der Waals surface area (Å²) in [5.41, 5.74) is 5.79. The van der Waals surface area contributed by atoms with Gasteiger partial charge in [-0.05, 0) is 32.1 Å². The van der Waals surface area contributed by atoms with Crippen LogP contribution in [0.1, 0.15) is 33.1 Å². The van der Waals surface area contributed by atoms with E-state index in [1.54, 1.807) is 0 Å². The molecule has 2 unspecified atom stereocenters. The molecule has 0 aromatic rings. The summed E-state index contributed by atoms with van der Waals surface area (Å²) in [6.07, 6.45) is 3.85. The molecule has 2 N–H and O–H groups in total. The smallest absolute Gasteiger partial charge is 0.0128 e. The Kier molecular flexibility index (Phi) is 2.13. The van der Waals surface area contributed by atoms with Crippen LogP contribution in [0.15, 0.2) is 0 Å². The van der Waals surface area contributed by atoms with E-state index in [-0.39, 0.29) is 0 Å². The van der Waals surface area contributed by atoms with E-state index in [2.05, 4.69) is 18.7 Å². The number of hydrogen-bond acceptors (Lipinski definition) is 2. The topological polar surface area (TPSA) is 29.3 Å². The summed E-state index contributed by atoms with van der Waals surface area (Å²) in [4.78, 5) is 2.66. The first-order valence-corrected chi connectivity index (χ1v) is 5.18. The molecule has 2 atom stereocenters. The molecule has 2 fully saturated rings. The van der Waals surface area contributed by atoms with Gasteiger partial charge in [0.2, 0.25) is 0 Å². The molecule has 0 spiro atoms. The van der Waals surface area contributed by atoms with Gasteiger partial charge < -0.3 is 5.73 Å². The van der Waals surface area contributed by atoms with Crippen molar-refractivity contribution >= 4 is 0 Å². The maximum Gasteiger partial charge on any atom is 0.0128 e. The number of nitrogens with zero attached hydrogens (tertiary/aromatic N) is 1. The molecule has 1 saturated carbocycles. The summed E-state index contributed by atoms with van der Waals surface area (Å²) < 4.78 is 0. The standard InChI is InChI=1S/C10H20N2/c1-7-3-8(2)12(6-7)10-4-9(11)5-10/h7-10H,3-6,11H2,1-2H3. The fraction of sp³-hybridized carbons (Fsp3) is 1.00. The fourth-order valence-electron chi connectivity index (χ4n) is 2.74. The Morgan fingerprint density at radius 2 is 1.83 bits per heavy atom. The van der Waals surface area contributed by atoms with Crippen molar-refractivity contribution in [1.29, 1.82) is 0 Å². The number of hydrogen-bond donors (Lipinski definition) is 1. The van der Waals surface area contributed by atoms with Crippen molar-refractivity contribution in [2.45, 2.75) is 51.2 Å². The second-order valence-electron chi connectivity index (χ2n) is 4.77. The summed E-state index contributed by atoms with van der Waals surface area (Å²) >= 11 is 0. The third-order valence-corrected chi connectivity index (χ3v) is 3.45. The van der Waals surface area contributed by atoms with E-state index in [0.29, 0.717) is 6.04 Å². The molecule has 12 heavy (non-hydrogen) atoms. The van der Waals surface area contributed by atoms with Gasteiger partial charge in [-0.2, -0.15) is 0 Å². The summed E-state index contributed by atoms with van der Waals surface area (Å²) in [5, 5.41) is 0. The lowest BCUT2D eigenvalue weighted by atomic mass is 9.86. The van der Waals surface area contributed by atoms with Gasteiger partial charge in [-0.25, -0.2) is 0 Å². The van der Waals surface area contributed by atoms with Crippen LogP contribution in [-0.2, 0) is 0 Å². The Bertz CT molecular complexity index is 163. The predicted octanol–water partition coefficient (Wildman–Crippen LogP) is 1.21. The first kappa shape index (κ1) is 8.52. The molecule has 0 amide bonds. The lowest BCUT2D eigenvalue weighted by Gasteiger charge is -2.41. The van der Waals surface area contributed by atoms with Crippen LogP contribution in [-0.4, -0.2) is 29.6 Å². The highest BCUT2D eigenvalue weighted by Gasteiger charge is 2.37. The van der Waals surface area contributed by atoms with Crippen molar-refractivity contribution in [2.75, 3.05) is 6.54 Å². The van der Waals surface area contributed by atoms with E-state index in [0.717, 1.165) is 18.0 Å². The maximum absolute atomic E-state index is 5.79. The van der Waals surface area contributed by atoms with Gasteiger partial charge in [0.15, 0.2) is 0 Å². The molecular formula is C10H20N2. The molecule has 1 aliphatic carbocycles. The van der Waals surface area contributed by atoms with Crippen LogP contribution in [0.4, 0.5) is 0 Å². The molecule has 0 bridgehead atoms. The second kappa shape index (κ2) is 3.00. The van der Waals surface area contributed by atoms with E-state index in [1.807, 2.05) is 0 Å². The summed E-state index contributed by atoms with van der Waals surface area (Å²) in [6.45, 7) is 6.01. The van der Waals surface area contributed by atoms with Crippen LogP contribution in [0.2, 0.25) is 0 Å². The zero-order valence-electron chi connectivity index (χ0n) is 8.16. The van der Waals surface area contributed by atoms with Crippen molar-refractivity contribution < 1.29 is 0 Å². The molecule has 2 nitrogen and oxygen atoms in total. The van der Waals surface area contributed by atoms with Gasteiger partial charge in [0.1, 0.15) is 0 Å². The lowest BCUT2D eigenvalue weighted by molar-refractivity contribution is 0.103. The first-order chi connectivity index (χ1) is 5.66. The van der Waals surface area contributed by atoms with Crippen molar-refractivity contribution in [2.24, 2.45) is 11.7 Å². The van der Waals surface area contributed by atoms with Crippen molar-refractivity contribution in [3.05, 3.63) is 0 Å². The SMILES string of the molecule is CC1CC(C)N(C2CC(N)C2)C1. The largest absolute Gasteiger partial charge is 0.328 e. The average molecular weight is 168 g/mol. The third-order valence-electron chi connectivity index (χ3n) is 3.45. The van der Waals surface area contributed by atoms with Crippen molar-refractivity contribution in [3.63, 3.8) is 0 Å². The van der Waals surface area contributed by atoms with Gasteiger partial charge in [-0.15, -0.1) is 0 Å². The normalized spacial score (nSPS) is 49.2. The summed E-state index contributed by atoms with van der Waals surface area (Å²) in [6, 6.07) is 2.12. The fourth-order valence-corrected chi connectivity index (χ4v) is 2.74. The van der Waals surface area contributed by atoms with E-state index in [4.69, 9.17) is 5.73 Å². The highest BCUT2D eigenvalue weighted by Crippen LogP contribution is 2.32. The van der Waals surface area contributed by atoms with Crippen molar-refractivity contribution in [1.82, 2.24) is 4.90 Å². The van der Waals surface area contributed by atoms with Crippen LogP contribution in [0.25, 0.3) is 0 Å². The quantitative estimate of drug-likeness (QED) is 0.637. The van der Waals surface area contributed by atoms with Gasteiger partial charge in [0.05, 0.1) is 0 Å². The highest BCUT2D eigenvalue weighted by molar-refractivity contribution is 4.94. The van der Waals surface area contributed by atoms with Gasteiger partial charge in [-0.1, -0.05) is 6.92 Å². The first-order valence-electron chi connectivity index (χ1n) is 5.18. The molecule has 0 aromatic carbocycles. The van der Waals surface area contributed by atoms with E-state index < -0.39 is 0 Å². The number of rotatable bonds is 1. The number of nitrogens with two attached hydrogens (primary N) is 1. The Balaban J connectivity index is 1.88. The molecular weight excluding hydrogens is 148 g/mol. The predicted molar refractivity (Wildman–Crippen MR) is 50.9 cm³/mol. The molecule has 1 saturated heterocycles. The average Bonchev–Trinajstić information content (AvgIpc) is 2.23. The number of likely N-dealkylation sites (tertiary alicyclic amines) is 1. The van der Waals surface area contributed by atoms with Gasteiger partial charge in [-0.3, -0.25) is 4.90 Å². The minimum absolute atomic E-state index is 0.498. The molecule has 2 rings (SSSR count). The van der Waals surface area contributed by atoms with Gasteiger partial charge in [0, 0.05) is 24.7 Å². The minimum Gasteiger partial charge on any atom is -0.328 e. The second-order valence-corrected chi connectivity index (χ2v) is 4.77. The van der Waals surface area contributed by atoms with Crippen LogP contribution in [0.3, 0.4) is 0 Å². The molecule has 0 radical (unpaired) electrons. The minimum atomic E-state index is 0.498. The zero-order chi connectivity index (χ0) is 8.72. The Labute approximate surface area is 75.1 Å². The molecule has 1 aliphatic heterocycles. The molecule has 2 aliphatic rings. The van der Waals surface area contributed by atoms with Crippen LogP contribution in [0.5, 0.6) is 0 Å². The Morgan fingerprint density at radius 3 is 2.25 bits per heavy atom. The van der Waals surface area contributed by atoms with Crippen LogP contribution < -0.4 is 5.73 Å². The summed E-state index contributed by atoms with van der Waals surface area (Å²) in [5.74, 6) is 0.900. The maximum atomic E-state index is 5.79. The summed E-state index contributed by atoms with van der Waals surface area (Å²) in [7, 11) is 0. The van der Waals surface area contributed by atoms with Gasteiger partial charge in [0.25, 0.3) is 0 Å². The molecule has 1 heterocycles. The Morgan fingerprint density at radius 1 is 1.17 bits per heavy atom. The van der Waals surface area contributed by atoms with E-state index in [1.165, 1.54) is 25.8 Å². The Hall–Kier alpha value is -0.0800. The lowest BCUT2D eigenvalue weighted by Crippen LogP contribution is -2.51.